The Labute approximate surface area is 166 Å². The first-order valence-electron chi connectivity index (χ1n) is 9.27. The summed E-state index contributed by atoms with van der Waals surface area (Å²) in [5, 5.41) is 10.8. The summed E-state index contributed by atoms with van der Waals surface area (Å²) in [6.45, 7) is 2.18. The SMILES string of the molecule is C[C@H]1C(c2ccc(F)cc2)=NO[C@@H]1C(=O)NCCc1nc(-c2ccccc2)no1. The van der Waals surface area contributed by atoms with Crippen LogP contribution in [0.5, 0.6) is 0 Å². The normalized spacial score (nSPS) is 18.2. The number of aromatic nitrogens is 2. The van der Waals surface area contributed by atoms with E-state index in [1.165, 1.54) is 12.1 Å². The fourth-order valence-corrected chi connectivity index (χ4v) is 3.10. The molecule has 0 spiro atoms. The van der Waals surface area contributed by atoms with Crippen LogP contribution in [-0.4, -0.2) is 34.4 Å². The molecule has 2 atom stereocenters. The van der Waals surface area contributed by atoms with Crippen LogP contribution >= 0.6 is 0 Å². The lowest BCUT2D eigenvalue weighted by atomic mass is 9.94. The number of hydrogen-bond donors (Lipinski definition) is 1. The van der Waals surface area contributed by atoms with E-state index in [1.807, 2.05) is 37.3 Å². The summed E-state index contributed by atoms with van der Waals surface area (Å²) in [4.78, 5) is 22.1. The standard InChI is InChI=1S/C21H19FN4O3/c1-13-18(14-7-9-16(22)10-8-14)25-29-19(13)21(27)23-12-11-17-24-20(26-28-17)15-5-3-2-4-6-15/h2-10,13,19H,11-12H2,1H3,(H,23,27)/t13-,19-/m0/s1. The van der Waals surface area contributed by atoms with E-state index in [4.69, 9.17) is 9.36 Å². The minimum absolute atomic E-state index is 0.256. The second-order valence-corrected chi connectivity index (χ2v) is 6.72. The quantitative estimate of drug-likeness (QED) is 0.694. The van der Waals surface area contributed by atoms with Crippen molar-refractivity contribution in [3.8, 4) is 11.4 Å². The third kappa shape index (κ3) is 4.16. The van der Waals surface area contributed by atoms with E-state index in [-0.39, 0.29) is 17.6 Å². The third-order valence-corrected chi connectivity index (χ3v) is 4.69. The molecule has 148 valence electrons. The minimum Gasteiger partial charge on any atom is -0.381 e. The summed E-state index contributed by atoms with van der Waals surface area (Å²) < 4.78 is 18.3. The molecule has 0 bridgehead atoms. The average molecular weight is 394 g/mol. The molecule has 1 N–H and O–H groups in total. The zero-order valence-corrected chi connectivity index (χ0v) is 15.7. The van der Waals surface area contributed by atoms with Gasteiger partial charge in [-0.2, -0.15) is 4.98 Å². The van der Waals surface area contributed by atoms with Crippen LogP contribution in [0.3, 0.4) is 0 Å². The van der Waals surface area contributed by atoms with Gasteiger partial charge < -0.3 is 14.7 Å². The van der Waals surface area contributed by atoms with Gasteiger partial charge in [-0.05, 0) is 17.7 Å². The molecular formula is C21H19FN4O3. The molecule has 0 radical (unpaired) electrons. The van der Waals surface area contributed by atoms with Crippen LogP contribution in [-0.2, 0) is 16.1 Å². The highest BCUT2D eigenvalue weighted by atomic mass is 19.1. The number of halogens is 1. The molecule has 2 aromatic carbocycles. The molecule has 0 unspecified atom stereocenters. The number of carbonyl (C=O) groups is 1. The number of amides is 1. The second kappa shape index (κ2) is 8.22. The van der Waals surface area contributed by atoms with Gasteiger partial charge in [-0.3, -0.25) is 4.79 Å². The summed E-state index contributed by atoms with van der Waals surface area (Å²) >= 11 is 0. The van der Waals surface area contributed by atoms with Crippen LogP contribution < -0.4 is 5.32 Å². The van der Waals surface area contributed by atoms with Crippen molar-refractivity contribution in [1.29, 1.82) is 0 Å². The molecular weight excluding hydrogens is 375 g/mol. The van der Waals surface area contributed by atoms with E-state index < -0.39 is 6.10 Å². The molecule has 0 fully saturated rings. The fraction of sp³-hybridized carbons (Fsp3) is 0.238. The summed E-state index contributed by atoms with van der Waals surface area (Å²) in [6.07, 6.45) is -0.337. The van der Waals surface area contributed by atoms with Crippen molar-refractivity contribution in [2.45, 2.75) is 19.4 Å². The van der Waals surface area contributed by atoms with Gasteiger partial charge >= 0.3 is 0 Å². The Morgan fingerprint density at radius 2 is 1.86 bits per heavy atom. The molecule has 1 aliphatic rings. The van der Waals surface area contributed by atoms with Gasteiger partial charge in [0.2, 0.25) is 17.8 Å². The molecule has 29 heavy (non-hydrogen) atoms. The number of oxime groups is 1. The lowest BCUT2D eigenvalue weighted by Crippen LogP contribution is -2.40. The molecule has 1 aromatic heterocycles. The molecule has 8 heteroatoms. The Bertz CT molecular complexity index is 1020. The Balaban J connectivity index is 1.29. The van der Waals surface area contributed by atoms with E-state index in [0.717, 1.165) is 11.1 Å². The monoisotopic (exact) mass is 394 g/mol. The molecule has 0 saturated heterocycles. The molecule has 4 rings (SSSR count). The van der Waals surface area contributed by atoms with Crippen LogP contribution in [0, 0.1) is 11.7 Å². The van der Waals surface area contributed by atoms with Gasteiger partial charge in [0.05, 0.1) is 11.6 Å². The van der Waals surface area contributed by atoms with Crippen molar-refractivity contribution < 1.29 is 18.5 Å². The lowest BCUT2D eigenvalue weighted by molar-refractivity contribution is -0.132. The van der Waals surface area contributed by atoms with Crippen LogP contribution in [0.1, 0.15) is 18.4 Å². The highest BCUT2D eigenvalue weighted by Gasteiger charge is 2.36. The van der Waals surface area contributed by atoms with Crippen molar-refractivity contribution in [3.63, 3.8) is 0 Å². The molecule has 3 aromatic rings. The van der Waals surface area contributed by atoms with Crippen molar-refractivity contribution in [1.82, 2.24) is 15.5 Å². The molecule has 0 aliphatic carbocycles. The maximum absolute atomic E-state index is 13.1. The van der Waals surface area contributed by atoms with Crippen molar-refractivity contribution in [2.75, 3.05) is 6.54 Å². The Hall–Kier alpha value is -3.55. The minimum atomic E-state index is -0.738. The van der Waals surface area contributed by atoms with Gasteiger partial charge in [0.1, 0.15) is 5.82 Å². The predicted molar refractivity (Wildman–Crippen MR) is 103 cm³/mol. The Morgan fingerprint density at radius 3 is 2.62 bits per heavy atom. The highest BCUT2D eigenvalue weighted by molar-refractivity contribution is 6.05. The number of nitrogens with zero attached hydrogens (tertiary/aromatic N) is 3. The van der Waals surface area contributed by atoms with E-state index in [9.17, 15) is 9.18 Å². The third-order valence-electron chi connectivity index (χ3n) is 4.69. The topological polar surface area (TPSA) is 89.6 Å². The number of benzene rings is 2. The average Bonchev–Trinajstić information content (AvgIpc) is 3.36. The maximum Gasteiger partial charge on any atom is 0.264 e. The zero-order chi connectivity index (χ0) is 20.2. The van der Waals surface area contributed by atoms with Gasteiger partial charge in [0, 0.05) is 18.5 Å². The van der Waals surface area contributed by atoms with Gasteiger partial charge in [-0.15, -0.1) is 0 Å². The van der Waals surface area contributed by atoms with E-state index in [2.05, 4.69) is 20.6 Å². The summed E-state index contributed by atoms with van der Waals surface area (Å²) in [5.41, 5.74) is 2.22. The van der Waals surface area contributed by atoms with E-state index >= 15 is 0 Å². The first-order valence-corrected chi connectivity index (χ1v) is 9.27. The van der Waals surface area contributed by atoms with Crippen molar-refractivity contribution in [3.05, 3.63) is 71.9 Å². The molecule has 2 heterocycles. The van der Waals surface area contributed by atoms with Crippen molar-refractivity contribution >= 4 is 11.6 Å². The molecule has 1 amide bonds. The van der Waals surface area contributed by atoms with Gasteiger partial charge in [0.15, 0.2) is 0 Å². The Morgan fingerprint density at radius 1 is 1.10 bits per heavy atom. The fourth-order valence-electron chi connectivity index (χ4n) is 3.10. The van der Waals surface area contributed by atoms with Gasteiger partial charge in [-0.25, -0.2) is 4.39 Å². The van der Waals surface area contributed by atoms with Crippen molar-refractivity contribution in [2.24, 2.45) is 11.1 Å². The molecule has 0 saturated carbocycles. The largest absolute Gasteiger partial charge is 0.381 e. The summed E-state index contributed by atoms with van der Waals surface area (Å²) in [5.74, 6) is 0.0891. The smallest absolute Gasteiger partial charge is 0.264 e. The number of hydrogen-bond acceptors (Lipinski definition) is 6. The van der Waals surface area contributed by atoms with Crippen LogP contribution in [0.2, 0.25) is 0 Å². The van der Waals surface area contributed by atoms with E-state index in [0.29, 0.717) is 30.4 Å². The molecule has 7 nitrogen and oxygen atoms in total. The number of carbonyl (C=O) groups excluding carboxylic acids is 1. The summed E-state index contributed by atoms with van der Waals surface area (Å²) in [6, 6.07) is 15.5. The predicted octanol–water partition coefficient (Wildman–Crippen LogP) is 2.97. The van der Waals surface area contributed by atoms with Gasteiger partial charge in [-0.1, -0.05) is 59.7 Å². The number of nitrogens with one attached hydrogen (secondary N) is 1. The Kier molecular flexibility index (Phi) is 5.33. The number of rotatable bonds is 6. The first kappa shape index (κ1) is 18.8. The van der Waals surface area contributed by atoms with Crippen LogP contribution in [0.4, 0.5) is 4.39 Å². The lowest BCUT2D eigenvalue weighted by Gasteiger charge is -2.14. The van der Waals surface area contributed by atoms with E-state index in [1.54, 1.807) is 12.1 Å². The van der Waals surface area contributed by atoms with Crippen LogP contribution in [0.25, 0.3) is 11.4 Å². The maximum atomic E-state index is 13.1. The first-order chi connectivity index (χ1) is 14.1. The van der Waals surface area contributed by atoms with Gasteiger partial charge in [0.25, 0.3) is 5.91 Å². The summed E-state index contributed by atoms with van der Waals surface area (Å²) in [7, 11) is 0. The second-order valence-electron chi connectivity index (χ2n) is 6.72. The highest BCUT2D eigenvalue weighted by Crippen LogP contribution is 2.23. The zero-order valence-electron chi connectivity index (χ0n) is 15.7. The molecule has 1 aliphatic heterocycles. The van der Waals surface area contributed by atoms with Crippen LogP contribution in [0.15, 0.2) is 64.3 Å².